The Kier molecular flexibility index (Phi) is 8.48. The summed E-state index contributed by atoms with van der Waals surface area (Å²) in [5.74, 6) is -0.437. The van der Waals surface area contributed by atoms with Crippen LogP contribution in [0, 0.1) is 24.1 Å². The Morgan fingerprint density at radius 2 is 2.08 bits per heavy atom. The Labute approximate surface area is 231 Å². The van der Waals surface area contributed by atoms with Crippen molar-refractivity contribution in [1.29, 1.82) is 5.26 Å². The number of aromatic nitrogens is 2. The highest BCUT2D eigenvalue weighted by Gasteiger charge is 2.26. The number of pyridine rings is 1. The average molecular weight is 550 g/mol. The molecule has 0 bridgehead atoms. The molecule has 0 saturated carbocycles. The highest BCUT2D eigenvalue weighted by molar-refractivity contribution is 6.30. The Bertz CT molecular complexity index is 1570. The van der Waals surface area contributed by atoms with Gasteiger partial charge in [0.15, 0.2) is 0 Å². The molecule has 0 spiro atoms. The molecule has 1 N–H and O–H groups in total. The molecule has 1 aliphatic heterocycles. The average Bonchev–Trinajstić information content (AvgIpc) is 3.22. The number of hydrogen-bond acceptors (Lipinski definition) is 4. The summed E-state index contributed by atoms with van der Waals surface area (Å²) in [6.45, 7) is 4.42. The van der Waals surface area contributed by atoms with E-state index in [1.54, 1.807) is 35.0 Å². The molecule has 2 aromatic heterocycles. The van der Waals surface area contributed by atoms with Crippen LogP contribution in [-0.2, 0) is 19.5 Å². The molecule has 9 heteroatoms. The first-order chi connectivity index (χ1) is 17.9. The fourth-order valence-electron chi connectivity index (χ4n) is 4.80. The molecule has 0 radical (unpaired) electrons. The van der Waals surface area contributed by atoms with E-state index in [-0.39, 0.29) is 23.5 Å². The van der Waals surface area contributed by atoms with Gasteiger partial charge in [0.2, 0.25) is 0 Å². The topological polar surface area (TPSA) is 74.0 Å². The molecule has 0 saturated heterocycles. The predicted octanol–water partition coefficient (Wildman–Crippen LogP) is 6.26. The summed E-state index contributed by atoms with van der Waals surface area (Å²) < 4.78 is 15.5. The number of carbonyl (C=O) groups is 1. The smallest absolute Gasteiger partial charge is 0.326 e. The summed E-state index contributed by atoms with van der Waals surface area (Å²) in [5.41, 5.74) is 5.92. The molecular weight excluding hydrogens is 524 g/mol. The number of benzene rings is 2. The van der Waals surface area contributed by atoms with E-state index in [9.17, 15) is 14.4 Å². The van der Waals surface area contributed by atoms with E-state index in [2.05, 4.69) is 21.3 Å². The number of nitriles is 1. The molecule has 0 unspecified atom stereocenters. The van der Waals surface area contributed by atoms with E-state index < -0.39 is 5.82 Å². The van der Waals surface area contributed by atoms with Gasteiger partial charge in [0, 0.05) is 55.6 Å². The molecule has 6 nitrogen and oxygen atoms in total. The van der Waals surface area contributed by atoms with E-state index in [0.717, 1.165) is 45.5 Å². The van der Waals surface area contributed by atoms with Crippen molar-refractivity contribution < 1.29 is 9.18 Å². The van der Waals surface area contributed by atoms with Gasteiger partial charge in [-0.25, -0.2) is 9.18 Å². The monoisotopic (exact) mass is 549 g/mol. The molecule has 1 amide bonds. The quantitative estimate of drug-likeness (QED) is 0.318. The number of hydrogen-bond donors (Lipinski definition) is 1. The van der Waals surface area contributed by atoms with Crippen LogP contribution < -0.4 is 5.32 Å². The first-order valence-electron chi connectivity index (χ1n) is 12.0. The van der Waals surface area contributed by atoms with Crippen molar-refractivity contribution in [2.24, 2.45) is 0 Å². The van der Waals surface area contributed by atoms with E-state index in [4.69, 9.17) is 11.6 Å². The lowest BCUT2D eigenvalue weighted by atomic mass is 10.0. The Hall–Kier alpha value is -3.70. The van der Waals surface area contributed by atoms with Crippen LogP contribution in [0.3, 0.4) is 0 Å². The second kappa shape index (κ2) is 11.8. The van der Waals surface area contributed by atoms with Gasteiger partial charge in [0.05, 0.1) is 22.2 Å². The van der Waals surface area contributed by atoms with Crippen molar-refractivity contribution in [3.8, 4) is 6.07 Å². The number of halogens is 3. The van der Waals surface area contributed by atoms with Gasteiger partial charge >= 0.3 is 6.03 Å². The zero-order valence-corrected chi connectivity index (χ0v) is 22.3. The third-order valence-corrected chi connectivity index (χ3v) is 6.89. The number of rotatable bonds is 5. The van der Waals surface area contributed by atoms with E-state index in [1.165, 1.54) is 6.07 Å². The Morgan fingerprint density at radius 1 is 1.24 bits per heavy atom. The van der Waals surface area contributed by atoms with Gasteiger partial charge in [0.1, 0.15) is 5.82 Å². The molecule has 3 heterocycles. The fourth-order valence-corrected chi connectivity index (χ4v) is 4.91. The van der Waals surface area contributed by atoms with Crippen LogP contribution in [0.5, 0.6) is 0 Å². The van der Waals surface area contributed by atoms with Crippen LogP contribution >= 0.6 is 24.0 Å². The van der Waals surface area contributed by atoms with E-state index in [1.807, 2.05) is 37.3 Å². The first kappa shape index (κ1) is 27.3. The molecule has 0 fully saturated rings. The summed E-state index contributed by atoms with van der Waals surface area (Å²) in [6.07, 6.45) is 6.31. The van der Waals surface area contributed by atoms with Crippen LogP contribution in [-0.4, -0.2) is 33.6 Å². The second-order valence-corrected chi connectivity index (χ2v) is 9.54. The summed E-state index contributed by atoms with van der Waals surface area (Å²) in [4.78, 5) is 19.9. The van der Waals surface area contributed by atoms with Crippen LogP contribution in [0.2, 0.25) is 5.02 Å². The van der Waals surface area contributed by atoms with Crippen LogP contribution in [0.15, 0.2) is 60.8 Å². The largest absolute Gasteiger partial charge is 0.333 e. The van der Waals surface area contributed by atoms with Gasteiger partial charge in [0.25, 0.3) is 0 Å². The van der Waals surface area contributed by atoms with Crippen LogP contribution in [0.25, 0.3) is 17.0 Å². The van der Waals surface area contributed by atoms with Crippen molar-refractivity contribution in [2.75, 3.05) is 13.1 Å². The third-order valence-electron chi connectivity index (χ3n) is 6.58. The molecule has 38 heavy (non-hydrogen) atoms. The van der Waals surface area contributed by atoms with E-state index >= 15 is 0 Å². The van der Waals surface area contributed by atoms with Crippen LogP contribution in [0.1, 0.15) is 33.6 Å². The molecular formula is C29H26Cl2FN5O. The molecule has 0 atom stereocenters. The van der Waals surface area contributed by atoms with Crippen LogP contribution in [0.4, 0.5) is 9.18 Å². The summed E-state index contributed by atoms with van der Waals surface area (Å²) in [5, 5.41) is 13.6. The summed E-state index contributed by atoms with van der Waals surface area (Å²) in [6, 6.07) is 16.0. The number of nitrogens with zero attached hydrogens (tertiary/aromatic N) is 4. The Balaban J connectivity index is 0.00000336. The van der Waals surface area contributed by atoms with Crippen molar-refractivity contribution in [2.45, 2.75) is 26.4 Å². The fraction of sp³-hybridized carbons (Fsp3) is 0.207. The maximum Gasteiger partial charge on any atom is 0.326 e. The molecule has 5 rings (SSSR count). The maximum absolute atomic E-state index is 13.7. The highest BCUT2D eigenvalue weighted by Crippen LogP contribution is 2.31. The third kappa shape index (κ3) is 5.73. The lowest BCUT2D eigenvalue weighted by molar-refractivity contribution is 0.240. The van der Waals surface area contributed by atoms with Crippen molar-refractivity contribution in [1.82, 2.24) is 19.8 Å². The molecule has 4 aromatic rings. The maximum atomic E-state index is 13.7. The lowest BCUT2D eigenvalue weighted by Gasteiger charge is -2.27. The molecule has 1 aliphatic rings. The highest BCUT2D eigenvalue weighted by atomic mass is 35.5. The van der Waals surface area contributed by atoms with Crippen molar-refractivity contribution >= 4 is 47.0 Å². The van der Waals surface area contributed by atoms with Gasteiger partial charge in [-0.1, -0.05) is 35.9 Å². The Morgan fingerprint density at radius 3 is 2.84 bits per heavy atom. The molecule has 194 valence electrons. The van der Waals surface area contributed by atoms with Gasteiger partial charge in [-0.2, -0.15) is 5.26 Å². The molecule has 0 aliphatic carbocycles. The number of aryl methyl sites for hydroxylation is 1. The minimum atomic E-state index is -0.437. The minimum Gasteiger partial charge on any atom is -0.333 e. The van der Waals surface area contributed by atoms with Gasteiger partial charge in [-0.05, 0) is 60.0 Å². The number of fused-ring (bicyclic) bond motifs is 3. The first-order valence-corrected chi connectivity index (χ1v) is 12.4. The predicted molar refractivity (Wildman–Crippen MR) is 150 cm³/mol. The molecule has 2 aromatic carbocycles. The van der Waals surface area contributed by atoms with Gasteiger partial charge in [-0.3, -0.25) is 14.5 Å². The number of nitrogens with one attached hydrogen (secondary N) is 1. The second-order valence-electron chi connectivity index (χ2n) is 9.13. The normalized spacial score (nSPS) is 13.2. The van der Waals surface area contributed by atoms with Crippen molar-refractivity contribution in [3.05, 3.63) is 105 Å². The van der Waals surface area contributed by atoms with E-state index in [0.29, 0.717) is 31.6 Å². The number of carbonyl (C=O) groups excluding carboxylic acids is 1. The summed E-state index contributed by atoms with van der Waals surface area (Å²) >= 11 is 5.77. The lowest BCUT2D eigenvalue weighted by Crippen LogP contribution is -2.34. The van der Waals surface area contributed by atoms with Gasteiger partial charge < -0.3 is 5.32 Å². The zero-order chi connectivity index (χ0) is 25.9. The van der Waals surface area contributed by atoms with Gasteiger partial charge in [-0.15, -0.1) is 12.4 Å². The standard InChI is InChI=1S/C29H25ClFN5O.ClH/c1-19-13-22(8-10-33-19)17-34-29(37)36-27-9-12-35(11-2-3-20-5-7-25(30)26(31)14-20)18-24(27)23-6-4-21(16-32)15-28(23)36;/h2-8,10,13-15H,9,11-12,17-18H2,1H3,(H,34,37);1H/b3-2+;. The SMILES string of the molecule is Cc1cc(CNC(=O)n2c3c(c4ccc(C#N)cc42)CN(C/C=C/c2ccc(Cl)c(F)c2)CC3)ccn1.Cl. The van der Waals surface area contributed by atoms with Crippen molar-refractivity contribution in [3.63, 3.8) is 0 Å². The summed E-state index contributed by atoms with van der Waals surface area (Å²) in [7, 11) is 0. The minimum absolute atomic E-state index is 0. The zero-order valence-electron chi connectivity index (χ0n) is 20.7. The number of amides is 1.